The molecule has 0 bridgehead atoms. The van der Waals surface area contributed by atoms with E-state index in [1.54, 1.807) is 32.1 Å². The van der Waals surface area contributed by atoms with E-state index < -0.39 is 6.04 Å². The van der Waals surface area contributed by atoms with Crippen LogP contribution in [0.1, 0.15) is 37.8 Å². The van der Waals surface area contributed by atoms with Crippen LogP contribution >= 0.6 is 0 Å². The summed E-state index contributed by atoms with van der Waals surface area (Å²) in [5.41, 5.74) is 3.15. The summed E-state index contributed by atoms with van der Waals surface area (Å²) < 4.78 is 24.1. The molecule has 1 aromatic heterocycles. The minimum Gasteiger partial charge on any atom is -0.496 e. The maximum absolute atomic E-state index is 13.2. The number of allylic oxidation sites excluding steroid dienone is 2. The van der Waals surface area contributed by atoms with Gasteiger partial charge in [-0.15, -0.1) is 5.10 Å². The molecule has 182 valence electrons. The Hall–Kier alpha value is -4.01. The molecule has 1 N–H and O–H groups in total. The third kappa shape index (κ3) is 3.96. The van der Waals surface area contributed by atoms with Gasteiger partial charge in [0.25, 0.3) is 0 Å². The Morgan fingerprint density at radius 3 is 2.40 bits per heavy atom. The zero-order valence-corrected chi connectivity index (χ0v) is 20.3. The van der Waals surface area contributed by atoms with Crippen LogP contribution in [0.5, 0.6) is 23.0 Å². The number of methoxy groups -OCH3 is 3. The zero-order valence-electron chi connectivity index (χ0n) is 20.3. The van der Waals surface area contributed by atoms with Crippen molar-refractivity contribution in [1.29, 1.82) is 0 Å². The Balaban J connectivity index is 1.67. The number of carbonyl (C=O) groups excluding carboxylic acids is 1. The molecule has 0 amide bonds. The molecule has 0 radical (unpaired) electrons. The molecular formula is C26H28N4O5. The topological polar surface area (TPSA) is 96.7 Å². The van der Waals surface area contributed by atoms with Crippen molar-refractivity contribution >= 4 is 11.7 Å². The van der Waals surface area contributed by atoms with Crippen LogP contribution in [-0.4, -0.2) is 48.5 Å². The molecule has 2 aliphatic rings. The lowest BCUT2D eigenvalue weighted by Gasteiger charge is -2.33. The van der Waals surface area contributed by atoms with E-state index in [0.29, 0.717) is 47.6 Å². The van der Waals surface area contributed by atoms with Gasteiger partial charge in [0.05, 0.1) is 27.9 Å². The van der Waals surface area contributed by atoms with Gasteiger partial charge in [0.2, 0.25) is 5.95 Å². The van der Waals surface area contributed by atoms with Gasteiger partial charge in [0, 0.05) is 34.9 Å². The average molecular weight is 477 g/mol. The predicted molar refractivity (Wildman–Crippen MR) is 130 cm³/mol. The van der Waals surface area contributed by atoms with Gasteiger partial charge in [-0.3, -0.25) is 4.79 Å². The van der Waals surface area contributed by atoms with E-state index in [2.05, 4.69) is 5.32 Å². The lowest BCUT2D eigenvalue weighted by atomic mass is 9.85. The third-order valence-electron chi connectivity index (χ3n) is 6.32. The van der Waals surface area contributed by atoms with Gasteiger partial charge in [0.1, 0.15) is 17.5 Å². The predicted octanol–water partition coefficient (Wildman–Crippen LogP) is 4.39. The summed E-state index contributed by atoms with van der Waals surface area (Å²) in [6.07, 6.45) is 2.04. The molecule has 0 spiro atoms. The molecule has 2 heterocycles. The summed E-state index contributed by atoms with van der Waals surface area (Å²) in [5.74, 6) is 3.65. The van der Waals surface area contributed by atoms with E-state index in [0.717, 1.165) is 35.4 Å². The molecule has 1 aliphatic carbocycles. The van der Waals surface area contributed by atoms with Crippen LogP contribution in [0.2, 0.25) is 0 Å². The van der Waals surface area contributed by atoms with Gasteiger partial charge < -0.3 is 24.3 Å². The summed E-state index contributed by atoms with van der Waals surface area (Å²) in [7, 11) is 4.75. The Morgan fingerprint density at radius 2 is 1.71 bits per heavy atom. The van der Waals surface area contributed by atoms with Crippen LogP contribution in [0.3, 0.4) is 0 Å². The highest BCUT2D eigenvalue weighted by Crippen LogP contribution is 2.46. The summed E-state index contributed by atoms with van der Waals surface area (Å²) in [4.78, 5) is 18.0. The van der Waals surface area contributed by atoms with Crippen molar-refractivity contribution in [3.05, 3.63) is 53.2 Å². The number of rotatable bonds is 7. The fourth-order valence-corrected chi connectivity index (χ4v) is 4.70. The molecule has 9 heteroatoms. The molecule has 0 fully saturated rings. The van der Waals surface area contributed by atoms with Crippen LogP contribution in [-0.2, 0) is 4.79 Å². The molecule has 2 aromatic carbocycles. The first kappa shape index (κ1) is 22.8. The number of hydrogen-bond donors (Lipinski definition) is 1. The van der Waals surface area contributed by atoms with Crippen molar-refractivity contribution in [3.63, 3.8) is 0 Å². The molecule has 9 nitrogen and oxygen atoms in total. The highest BCUT2D eigenvalue weighted by Gasteiger charge is 2.39. The van der Waals surface area contributed by atoms with Crippen LogP contribution in [0.4, 0.5) is 5.95 Å². The van der Waals surface area contributed by atoms with E-state index in [9.17, 15) is 4.79 Å². The van der Waals surface area contributed by atoms with Gasteiger partial charge in [-0.05, 0) is 50.1 Å². The number of fused-ring (bicyclic) bond motifs is 1. The second-order valence-electron chi connectivity index (χ2n) is 8.31. The number of Topliss-reactive ketones (excluding diaryl/α,β-unsaturated/α-hetero) is 1. The number of nitrogens with zero attached hydrogens (tertiary/aromatic N) is 3. The smallest absolute Gasteiger partial charge is 0.226 e. The van der Waals surface area contributed by atoms with E-state index in [1.807, 2.05) is 37.3 Å². The first-order valence-electron chi connectivity index (χ1n) is 11.6. The first-order chi connectivity index (χ1) is 17.1. The summed E-state index contributed by atoms with van der Waals surface area (Å²) in [6, 6.07) is 10.7. The molecule has 35 heavy (non-hydrogen) atoms. The summed E-state index contributed by atoms with van der Waals surface area (Å²) in [5, 5.41) is 8.21. The largest absolute Gasteiger partial charge is 0.496 e. The quantitative estimate of drug-likeness (QED) is 0.536. The molecule has 1 atom stereocenters. The van der Waals surface area contributed by atoms with Gasteiger partial charge in [-0.2, -0.15) is 4.98 Å². The highest BCUT2D eigenvalue weighted by atomic mass is 16.5. The van der Waals surface area contributed by atoms with Crippen molar-refractivity contribution in [1.82, 2.24) is 14.8 Å². The van der Waals surface area contributed by atoms with Crippen LogP contribution < -0.4 is 24.3 Å². The van der Waals surface area contributed by atoms with Crippen molar-refractivity contribution in [2.45, 2.75) is 32.2 Å². The lowest BCUT2D eigenvalue weighted by Crippen LogP contribution is -2.31. The van der Waals surface area contributed by atoms with E-state index >= 15 is 0 Å². The maximum Gasteiger partial charge on any atom is 0.226 e. The Labute approximate surface area is 203 Å². The second-order valence-corrected chi connectivity index (χ2v) is 8.31. The number of ketones is 1. The summed E-state index contributed by atoms with van der Waals surface area (Å²) >= 11 is 0. The van der Waals surface area contributed by atoms with Gasteiger partial charge in [0.15, 0.2) is 23.1 Å². The zero-order chi connectivity index (χ0) is 24.5. The first-order valence-corrected chi connectivity index (χ1v) is 11.6. The van der Waals surface area contributed by atoms with E-state index in [-0.39, 0.29) is 5.78 Å². The normalized spacial score (nSPS) is 16.8. The average Bonchev–Trinajstić information content (AvgIpc) is 3.31. The van der Waals surface area contributed by atoms with Gasteiger partial charge in [-0.25, -0.2) is 4.68 Å². The van der Waals surface area contributed by atoms with Crippen LogP contribution in [0.15, 0.2) is 47.7 Å². The minimum absolute atomic E-state index is 0.0874. The number of ether oxygens (including phenoxy) is 4. The molecule has 5 rings (SSSR count). The molecule has 0 saturated heterocycles. The third-order valence-corrected chi connectivity index (χ3v) is 6.32. The van der Waals surface area contributed by atoms with Gasteiger partial charge >= 0.3 is 0 Å². The van der Waals surface area contributed by atoms with E-state index in [4.69, 9.17) is 29.0 Å². The second kappa shape index (κ2) is 9.32. The van der Waals surface area contributed by atoms with Crippen molar-refractivity contribution in [2.75, 3.05) is 33.3 Å². The van der Waals surface area contributed by atoms with Crippen LogP contribution in [0, 0.1) is 0 Å². The Bertz CT molecular complexity index is 1300. The van der Waals surface area contributed by atoms with Crippen molar-refractivity contribution in [2.24, 2.45) is 0 Å². The molecular weight excluding hydrogens is 448 g/mol. The molecule has 1 aliphatic heterocycles. The number of nitrogens with one attached hydrogen (secondary N) is 1. The van der Waals surface area contributed by atoms with Crippen LogP contribution in [0.25, 0.3) is 11.4 Å². The maximum atomic E-state index is 13.2. The molecule has 1 unspecified atom stereocenters. The number of benzene rings is 2. The summed E-state index contributed by atoms with van der Waals surface area (Å²) in [6.45, 7) is 2.55. The number of anilines is 1. The lowest BCUT2D eigenvalue weighted by molar-refractivity contribution is -0.116. The molecule has 0 saturated carbocycles. The SMILES string of the molecule is CCOc1ccc(-c2nc3n(n2)C(c2cc(OC)c(OC)cc2OC)C2=C(CCCC2=O)N3)cc1. The van der Waals surface area contributed by atoms with Crippen molar-refractivity contribution in [3.8, 4) is 34.4 Å². The minimum atomic E-state index is -0.521. The van der Waals surface area contributed by atoms with Gasteiger partial charge in [-0.1, -0.05) is 0 Å². The monoisotopic (exact) mass is 476 g/mol. The highest BCUT2D eigenvalue weighted by molar-refractivity contribution is 5.99. The standard InChI is InChI=1S/C26H28N4O5/c1-5-35-16-11-9-15(10-12-16)25-28-26-27-18-7-6-8-19(31)23(18)24(30(26)29-25)17-13-21(33-3)22(34-4)14-20(17)32-2/h9-14,24H,5-8H2,1-4H3,(H,27,28,29). The fraction of sp³-hybridized carbons (Fsp3) is 0.346. The Kier molecular flexibility index (Phi) is 6.07. The molecule has 3 aromatic rings. The van der Waals surface area contributed by atoms with Crippen molar-refractivity contribution < 1.29 is 23.7 Å². The Morgan fingerprint density at radius 1 is 1.00 bits per heavy atom. The fourth-order valence-electron chi connectivity index (χ4n) is 4.70. The number of carbonyl (C=O) groups is 1. The number of aromatic nitrogens is 3. The van der Waals surface area contributed by atoms with E-state index in [1.165, 1.54) is 0 Å². The number of hydrogen-bond acceptors (Lipinski definition) is 8.